The third kappa shape index (κ3) is 7.22. The van der Waals surface area contributed by atoms with Gasteiger partial charge in [0.2, 0.25) is 11.8 Å². The maximum atomic E-state index is 13.9. The van der Waals surface area contributed by atoms with Crippen molar-refractivity contribution < 1.29 is 18.0 Å². The Morgan fingerprint density at radius 1 is 0.868 bits per heavy atom. The first-order chi connectivity index (χ1) is 18.0. The van der Waals surface area contributed by atoms with E-state index in [4.69, 9.17) is 0 Å². The minimum Gasteiger partial charge on any atom is -0.355 e. The van der Waals surface area contributed by atoms with Gasteiger partial charge in [-0.15, -0.1) is 0 Å². The van der Waals surface area contributed by atoms with Crippen molar-refractivity contribution in [3.63, 3.8) is 0 Å². The van der Waals surface area contributed by atoms with Gasteiger partial charge in [-0.3, -0.25) is 13.9 Å². The first kappa shape index (κ1) is 28.9. The lowest BCUT2D eigenvalue weighted by Crippen LogP contribution is -2.52. The summed E-state index contributed by atoms with van der Waals surface area (Å²) in [7, 11) is -4.07. The standard InChI is InChI=1S/C30H37N3O4S/c1-6-31-30(35)25(5)32(17-16-26-10-8-7-9-11-26)29(34)21-33(27-19-23(3)18-24(4)20-27)38(36,37)28-14-12-22(2)13-15-28/h7-15,18-20,25H,6,16-17,21H2,1-5H3,(H,31,35). The smallest absolute Gasteiger partial charge is 0.264 e. The number of nitrogens with one attached hydrogen (secondary N) is 1. The Balaban J connectivity index is 2.01. The molecule has 1 unspecified atom stereocenters. The van der Waals surface area contributed by atoms with Crippen LogP contribution >= 0.6 is 0 Å². The van der Waals surface area contributed by atoms with Gasteiger partial charge < -0.3 is 10.2 Å². The number of hydrogen-bond acceptors (Lipinski definition) is 4. The van der Waals surface area contributed by atoms with E-state index in [1.807, 2.05) is 64.1 Å². The second-order valence-corrected chi connectivity index (χ2v) is 11.4. The van der Waals surface area contributed by atoms with Crippen LogP contribution in [0.25, 0.3) is 0 Å². The Morgan fingerprint density at radius 3 is 2.05 bits per heavy atom. The fourth-order valence-corrected chi connectivity index (χ4v) is 5.75. The van der Waals surface area contributed by atoms with Gasteiger partial charge >= 0.3 is 0 Å². The Morgan fingerprint density at radius 2 is 1.47 bits per heavy atom. The van der Waals surface area contributed by atoms with Gasteiger partial charge in [0.25, 0.3) is 10.0 Å². The van der Waals surface area contributed by atoms with Crippen LogP contribution in [0.3, 0.4) is 0 Å². The summed E-state index contributed by atoms with van der Waals surface area (Å²) in [5.74, 6) is -0.734. The maximum absolute atomic E-state index is 13.9. The molecule has 0 aliphatic rings. The Hall–Kier alpha value is -3.65. The van der Waals surface area contributed by atoms with E-state index in [1.54, 1.807) is 43.3 Å². The number of hydrogen-bond donors (Lipinski definition) is 1. The first-order valence-electron chi connectivity index (χ1n) is 12.8. The maximum Gasteiger partial charge on any atom is 0.264 e. The number of likely N-dealkylation sites (N-methyl/N-ethyl adjacent to an activating group) is 1. The van der Waals surface area contributed by atoms with Crippen molar-refractivity contribution in [3.8, 4) is 0 Å². The van der Waals surface area contributed by atoms with Crippen LogP contribution in [0.5, 0.6) is 0 Å². The van der Waals surface area contributed by atoms with Crippen LogP contribution in [0, 0.1) is 20.8 Å². The second-order valence-electron chi connectivity index (χ2n) is 9.56. The SMILES string of the molecule is CCNC(=O)C(C)N(CCc1ccccc1)C(=O)CN(c1cc(C)cc(C)c1)S(=O)(=O)c1ccc(C)cc1. The van der Waals surface area contributed by atoms with Crippen molar-refractivity contribution in [1.29, 1.82) is 0 Å². The Kier molecular flexibility index (Phi) is 9.69. The number of aryl methyl sites for hydroxylation is 3. The fraction of sp³-hybridized carbons (Fsp3) is 0.333. The molecule has 1 atom stereocenters. The average molecular weight is 536 g/mol. The van der Waals surface area contributed by atoms with Gasteiger partial charge in [-0.25, -0.2) is 8.42 Å². The van der Waals surface area contributed by atoms with E-state index in [-0.39, 0.29) is 17.3 Å². The molecule has 0 bridgehead atoms. The van der Waals surface area contributed by atoms with Crippen molar-refractivity contribution in [1.82, 2.24) is 10.2 Å². The summed E-state index contributed by atoms with van der Waals surface area (Å²) in [4.78, 5) is 28.2. The highest BCUT2D eigenvalue weighted by atomic mass is 32.2. The summed E-state index contributed by atoms with van der Waals surface area (Å²) >= 11 is 0. The molecule has 1 N–H and O–H groups in total. The zero-order valence-corrected chi connectivity index (χ0v) is 23.6. The quantitative estimate of drug-likeness (QED) is 0.394. The molecule has 0 heterocycles. The highest BCUT2D eigenvalue weighted by Crippen LogP contribution is 2.26. The molecule has 3 aromatic rings. The van der Waals surface area contributed by atoms with Crippen molar-refractivity contribution in [2.24, 2.45) is 0 Å². The normalized spacial score (nSPS) is 12.0. The molecule has 38 heavy (non-hydrogen) atoms. The van der Waals surface area contributed by atoms with Crippen LogP contribution in [0.1, 0.15) is 36.1 Å². The molecule has 0 fully saturated rings. The highest BCUT2D eigenvalue weighted by molar-refractivity contribution is 7.92. The molecular weight excluding hydrogens is 498 g/mol. The zero-order valence-electron chi connectivity index (χ0n) is 22.8. The van der Waals surface area contributed by atoms with Crippen LogP contribution in [0.15, 0.2) is 77.7 Å². The van der Waals surface area contributed by atoms with E-state index < -0.39 is 28.5 Å². The van der Waals surface area contributed by atoms with Crippen molar-refractivity contribution in [2.45, 2.75) is 52.0 Å². The van der Waals surface area contributed by atoms with E-state index in [0.29, 0.717) is 18.7 Å². The molecule has 0 saturated heterocycles. The molecular formula is C30H37N3O4S. The lowest BCUT2D eigenvalue weighted by Gasteiger charge is -2.32. The molecule has 202 valence electrons. The Labute approximate surface area is 226 Å². The Bertz CT molecular complexity index is 1340. The van der Waals surface area contributed by atoms with Gasteiger partial charge in [0.05, 0.1) is 10.6 Å². The van der Waals surface area contributed by atoms with E-state index in [9.17, 15) is 18.0 Å². The number of nitrogens with zero attached hydrogens (tertiary/aromatic N) is 2. The summed E-state index contributed by atoms with van der Waals surface area (Å²) in [5, 5.41) is 2.78. The predicted molar refractivity (Wildman–Crippen MR) is 152 cm³/mol. The lowest BCUT2D eigenvalue weighted by atomic mass is 10.1. The summed E-state index contributed by atoms with van der Waals surface area (Å²) < 4.78 is 28.9. The predicted octanol–water partition coefficient (Wildman–Crippen LogP) is 4.40. The number of carbonyl (C=O) groups is 2. The van der Waals surface area contributed by atoms with Crippen molar-refractivity contribution >= 4 is 27.5 Å². The van der Waals surface area contributed by atoms with Crippen LogP contribution in [-0.2, 0) is 26.0 Å². The summed E-state index contributed by atoms with van der Waals surface area (Å²) in [6, 6.07) is 20.9. The molecule has 7 nitrogen and oxygen atoms in total. The molecule has 8 heteroatoms. The van der Waals surface area contributed by atoms with Crippen LogP contribution in [-0.4, -0.2) is 50.8 Å². The van der Waals surface area contributed by atoms with Crippen LogP contribution in [0.2, 0.25) is 0 Å². The molecule has 0 spiro atoms. The summed E-state index contributed by atoms with van der Waals surface area (Å²) in [5.41, 5.74) is 4.12. The number of benzene rings is 3. The van der Waals surface area contributed by atoms with E-state index in [1.165, 1.54) is 4.90 Å². The molecule has 0 radical (unpaired) electrons. The number of anilines is 1. The van der Waals surface area contributed by atoms with Gasteiger partial charge in [-0.1, -0.05) is 54.1 Å². The van der Waals surface area contributed by atoms with Gasteiger partial charge in [-0.2, -0.15) is 0 Å². The summed E-state index contributed by atoms with van der Waals surface area (Å²) in [6.45, 7) is 9.41. The molecule has 0 saturated carbocycles. The molecule has 0 aromatic heterocycles. The average Bonchev–Trinajstić information content (AvgIpc) is 2.87. The van der Waals surface area contributed by atoms with Crippen LogP contribution < -0.4 is 9.62 Å². The van der Waals surface area contributed by atoms with E-state index >= 15 is 0 Å². The van der Waals surface area contributed by atoms with Crippen molar-refractivity contribution in [3.05, 3.63) is 95.1 Å². The van der Waals surface area contributed by atoms with Gasteiger partial charge in [0.1, 0.15) is 12.6 Å². The van der Waals surface area contributed by atoms with Gasteiger partial charge in [0.15, 0.2) is 0 Å². The minimum atomic E-state index is -4.07. The summed E-state index contributed by atoms with van der Waals surface area (Å²) in [6.07, 6.45) is 0.532. The monoisotopic (exact) mass is 535 g/mol. The molecule has 3 aromatic carbocycles. The van der Waals surface area contributed by atoms with E-state index in [0.717, 1.165) is 26.6 Å². The van der Waals surface area contributed by atoms with Gasteiger partial charge in [0, 0.05) is 13.1 Å². The highest BCUT2D eigenvalue weighted by Gasteiger charge is 2.32. The topological polar surface area (TPSA) is 86.8 Å². The molecule has 2 amide bonds. The minimum absolute atomic E-state index is 0.0997. The third-order valence-electron chi connectivity index (χ3n) is 6.38. The number of sulfonamides is 1. The molecule has 3 rings (SSSR count). The number of amides is 2. The van der Waals surface area contributed by atoms with Crippen molar-refractivity contribution in [2.75, 3.05) is 23.9 Å². The fourth-order valence-electron chi connectivity index (χ4n) is 4.35. The first-order valence-corrected chi connectivity index (χ1v) is 14.3. The lowest BCUT2D eigenvalue weighted by molar-refractivity contribution is -0.138. The zero-order chi connectivity index (χ0) is 27.9. The van der Waals surface area contributed by atoms with E-state index in [2.05, 4.69) is 5.32 Å². The number of rotatable bonds is 11. The molecule has 0 aliphatic heterocycles. The second kappa shape index (κ2) is 12.7. The largest absolute Gasteiger partial charge is 0.355 e. The number of carbonyl (C=O) groups excluding carboxylic acids is 2. The van der Waals surface area contributed by atoms with Gasteiger partial charge in [-0.05, 0) is 82.0 Å². The van der Waals surface area contributed by atoms with Crippen LogP contribution in [0.4, 0.5) is 5.69 Å². The molecule has 0 aliphatic carbocycles. The third-order valence-corrected chi connectivity index (χ3v) is 8.17.